The first-order chi connectivity index (χ1) is 11.9. The number of ether oxygens (including phenoxy) is 2. The van der Waals surface area contributed by atoms with Crippen LogP contribution in [0.4, 0.5) is 13.2 Å². The van der Waals surface area contributed by atoms with E-state index in [1.807, 2.05) is 0 Å². The summed E-state index contributed by atoms with van der Waals surface area (Å²) in [5, 5.41) is 0. The first kappa shape index (κ1) is 16.7. The standard InChI is InChI=1S/C17H10F3NO4/c18-17(19,20)16(23)25-15(22)12-9-11-3-1-2-4-13(11)24-14(12)10-5-7-21-8-6-10/h1-9,14H. The van der Waals surface area contributed by atoms with E-state index in [4.69, 9.17) is 4.74 Å². The van der Waals surface area contributed by atoms with E-state index in [1.54, 1.807) is 36.4 Å². The molecule has 2 aromatic rings. The van der Waals surface area contributed by atoms with Gasteiger partial charge in [0.05, 0.1) is 5.57 Å². The topological polar surface area (TPSA) is 65.5 Å². The second-order valence-corrected chi connectivity index (χ2v) is 5.09. The lowest BCUT2D eigenvalue weighted by Crippen LogP contribution is -2.31. The van der Waals surface area contributed by atoms with Crippen LogP contribution >= 0.6 is 0 Å². The number of carbonyl (C=O) groups excluding carboxylic acids is 2. The zero-order valence-corrected chi connectivity index (χ0v) is 12.5. The third-order valence-corrected chi connectivity index (χ3v) is 3.42. The average Bonchev–Trinajstić information content (AvgIpc) is 2.60. The van der Waals surface area contributed by atoms with Gasteiger partial charge in [0.2, 0.25) is 0 Å². The highest BCUT2D eigenvalue weighted by Gasteiger charge is 2.44. The maximum absolute atomic E-state index is 12.4. The van der Waals surface area contributed by atoms with Crippen LogP contribution in [0.5, 0.6) is 5.75 Å². The van der Waals surface area contributed by atoms with Crippen molar-refractivity contribution < 1.29 is 32.2 Å². The Morgan fingerprint density at radius 3 is 2.44 bits per heavy atom. The molecule has 0 saturated heterocycles. The molecule has 0 saturated carbocycles. The van der Waals surface area contributed by atoms with Gasteiger partial charge in [-0.2, -0.15) is 13.2 Å². The van der Waals surface area contributed by atoms with Gasteiger partial charge in [-0.25, -0.2) is 9.59 Å². The molecule has 0 aliphatic carbocycles. The van der Waals surface area contributed by atoms with E-state index in [0.717, 1.165) is 0 Å². The molecule has 1 aromatic heterocycles. The van der Waals surface area contributed by atoms with Crippen LogP contribution in [0.1, 0.15) is 17.2 Å². The first-order valence-electron chi connectivity index (χ1n) is 7.07. The minimum atomic E-state index is -5.27. The molecule has 1 unspecified atom stereocenters. The van der Waals surface area contributed by atoms with Crippen LogP contribution in [0.2, 0.25) is 0 Å². The van der Waals surface area contributed by atoms with Crippen molar-refractivity contribution in [1.82, 2.24) is 4.98 Å². The molecular weight excluding hydrogens is 339 g/mol. The van der Waals surface area contributed by atoms with E-state index in [2.05, 4.69) is 9.72 Å². The Morgan fingerprint density at radius 2 is 1.76 bits per heavy atom. The number of fused-ring (bicyclic) bond motifs is 1. The lowest BCUT2D eigenvalue weighted by Gasteiger charge is -2.26. The summed E-state index contributed by atoms with van der Waals surface area (Å²) in [5.74, 6) is -3.55. The number of aromatic nitrogens is 1. The summed E-state index contributed by atoms with van der Waals surface area (Å²) in [6.07, 6.45) is -2.05. The number of rotatable bonds is 2. The van der Waals surface area contributed by atoms with Crippen LogP contribution in [0.3, 0.4) is 0 Å². The predicted molar refractivity (Wildman–Crippen MR) is 79.2 cm³/mol. The van der Waals surface area contributed by atoms with Crippen LogP contribution in [-0.4, -0.2) is 23.1 Å². The molecule has 8 heteroatoms. The number of esters is 2. The van der Waals surface area contributed by atoms with Crippen molar-refractivity contribution in [2.45, 2.75) is 12.3 Å². The Kier molecular flexibility index (Phi) is 4.26. The summed E-state index contributed by atoms with van der Waals surface area (Å²) in [4.78, 5) is 26.9. The van der Waals surface area contributed by atoms with E-state index in [-0.39, 0.29) is 5.57 Å². The summed E-state index contributed by atoms with van der Waals surface area (Å²) in [6.45, 7) is 0. The average molecular weight is 349 g/mol. The highest BCUT2D eigenvalue weighted by molar-refractivity contribution is 6.02. The maximum atomic E-state index is 12.4. The van der Waals surface area contributed by atoms with Crippen molar-refractivity contribution in [2.24, 2.45) is 0 Å². The number of carbonyl (C=O) groups is 2. The molecule has 0 spiro atoms. The molecule has 1 atom stereocenters. The van der Waals surface area contributed by atoms with E-state index in [9.17, 15) is 22.8 Å². The van der Waals surface area contributed by atoms with Gasteiger partial charge in [0.25, 0.3) is 0 Å². The lowest BCUT2D eigenvalue weighted by molar-refractivity contribution is -0.200. The Morgan fingerprint density at radius 1 is 1.08 bits per heavy atom. The number of nitrogens with zero attached hydrogens (tertiary/aromatic N) is 1. The van der Waals surface area contributed by atoms with Gasteiger partial charge in [0, 0.05) is 23.5 Å². The third-order valence-electron chi connectivity index (χ3n) is 3.42. The van der Waals surface area contributed by atoms with Gasteiger partial charge < -0.3 is 9.47 Å². The van der Waals surface area contributed by atoms with Crippen molar-refractivity contribution in [3.05, 3.63) is 65.5 Å². The van der Waals surface area contributed by atoms with Gasteiger partial charge in [0.15, 0.2) is 6.10 Å². The SMILES string of the molecule is O=C(OC(=O)C(F)(F)F)C1=Cc2ccccc2OC1c1ccncc1. The minimum Gasteiger partial charge on any atom is -0.480 e. The quantitative estimate of drug-likeness (QED) is 0.615. The summed E-state index contributed by atoms with van der Waals surface area (Å²) in [6, 6.07) is 9.76. The number of halogens is 3. The van der Waals surface area contributed by atoms with Crippen molar-refractivity contribution in [3.63, 3.8) is 0 Å². The Labute approximate surface area is 139 Å². The van der Waals surface area contributed by atoms with Gasteiger partial charge in [-0.05, 0) is 24.3 Å². The normalized spacial score (nSPS) is 16.3. The number of para-hydroxylation sites is 1. The van der Waals surface area contributed by atoms with Crippen LogP contribution in [0, 0.1) is 0 Å². The summed E-state index contributed by atoms with van der Waals surface area (Å²) in [7, 11) is 0. The van der Waals surface area contributed by atoms with E-state index in [0.29, 0.717) is 16.9 Å². The summed E-state index contributed by atoms with van der Waals surface area (Å²) >= 11 is 0. The third kappa shape index (κ3) is 3.52. The molecule has 1 aliphatic rings. The number of hydrogen-bond donors (Lipinski definition) is 0. The smallest absolute Gasteiger partial charge is 0.480 e. The first-order valence-corrected chi connectivity index (χ1v) is 7.07. The monoisotopic (exact) mass is 349 g/mol. The van der Waals surface area contributed by atoms with Crippen molar-refractivity contribution in [2.75, 3.05) is 0 Å². The molecule has 25 heavy (non-hydrogen) atoms. The second-order valence-electron chi connectivity index (χ2n) is 5.09. The summed E-state index contributed by atoms with van der Waals surface area (Å²) in [5.41, 5.74) is 0.744. The molecule has 128 valence electrons. The number of pyridine rings is 1. The van der Waals surface area contributed by atoms with Gasteiger partial charge in [-0.1, -0.05) is 18.2 Å². The predicted octanol–water partition coefficient (Wildman–Crippen LogP) is 3.23. The fourth-order valence-electron chi connectivity index (χ4n) is 2.29. The van der Waals surface area contributed by atoms with E-state index < -0.39 is 24.2 Å². The Balaban J connectivity index is 1.98. The molecule has 0 bridgehead atoms. The van der Waals surface area contributed by atoms with Crippen LogP contribution < -0.4 is 4.74 Å². The maximum Gasteiger partial charge on any atom is 0.491 e. The zero-order chi connectivity index (χ0) is 18.0. The van der Waals surface area contributed by atoms with Crippen LogP contribution in [0.15, 0.2) is 54.4 Å². The molecule has 3 rings (SSSR count). The highest BCUT2D eigenvalue weighted by Crippen LogP contribution is 2.37. The van der Waals surface area contributed by atoms with Crippen molar-refractivity contribution in [1.29, 1.82) is 0 Å². The van der Waals surface area contributed by atoms with Crippen LogP contribution in [0.25, 0.3) is 6.08 Å². The molecule has 1 aromatic carbocycles. The molecule has 0 amide bonds. The molecule has 0 fully saturated rings. The van der Waals surface area contributed by atoms with Gasteiger partial charge in [0.1, 0.15) is 5.75 Å². The van der Waals surface area contributed by atoms with Crippen molar-refractivity contribution >= 4 is 18.0 Å². The zero-order valence-electron chi connectivity index (χ0n) is 12.5. The van der Waals surface area contributed by atoms with Crippen molar-refractivity contribution in [3.8, 4) is 5.75 Å². The van der Waals surface area contributed by atoms with Gasteiger partial charge in [-0.3, -0.25) is 4.98 Å². The Hall–Kier alpha value is -3.16. The van der Waals surface area contributed by atoms with Gasteiger partial charge >= 0.3 is 18.1 Å². The van der Waals surface area contributed by atoms with Crippen LogP contribution in [-0.2, 0) is 14.3 Å². The molecular formula is C17H10F3NO4. The van der Waals surface area contributed by atoms with Gasteiger partial charge in [-0.15, -0.1) is 0 Å². The fourth-order valence-corrected chi connectivity index (χ4v) is 2.29. The number of alkyl halides is 3. The molecule has 0 N–H and O–H groups in total. The Bertz CT molecular complexity index is 846. The highest BCUT2D eigenvalue weighted by atomic mass is 19.4. The lowest BCUT2D eigenvalue weighted by atomic mass is 9.97. The van der Waals surface area contributed by atoms with E-state index in [1.165, 1.54) is 18.5 Å². The molecule has 2 heterocycles. The molecule has 1 aliphatic heterocycles. The van der Waals surface area contributed by atoms with E-state index >= 15 is 0 Å². The largest absolute Gasteiger partial charge is 0.491 e. The molecule has 0 radical (unpaired) electrons. The fraction of sp³-hybridized carbons (Fsp3) is 0.118. The molecule has 5 nitrogen and oxygen atoms in total. The minimum absolute atomic E-state index is 0.220. The number of hydrogen-bond acceptors (Lipinski definition) is 5. The summed E-state index contributed by atoms with van der Waals surface area (Å²) < 4.78 is 46.7. The number of benzene rings is 1. The second kappa shape index (κ2) is 6.39.